The van der Waals surface area contributed by atoms with Crippen LogP contribution in [-0.4, -0.2) is 28.2 Å². The van der Waals surface area contributed by atoms with E-state index in [-0.39, 0.29) is 18.1 Å². The van der Waals surface area contributed by atoms with Crippen LogP contribution in [0.15, 0.2) is 0 Å². The van der Waals surface area contributed by atoms with Gasteiger partial charge in [0.25, 0.3) is 0 Å². The molecule has 0 aromatic heterocycles. The second kappa shape index (κ2) is 8.18. The first-order chi connectivity index (χ1) is 14.1. The number of aliphatic hydroxyl groups is 2. The Kier molecular flexibility index (Phi) is 6.21. The van der Waals surface area contributed by atoms with Gasteiger partial charge < -0.3 is 10.2 Å². The quantitative estimate of drug-likeness (QED) is 0.609. The van der Waals surface area contributed by atoms with E-state index in [1.165, 1.54) is 25.7 Å². The zero-order chi connectivity index (χ0) is 21.8. The summed E-state index contributed by atoms with van der Waals surface area (Å²) in [5.41, 5.74) is 0.623. The lowest BCUT2D eigenvalue weighted by Crippen LogP contribution is -2.58. The molecule has 4 saturated carbocycles. The lowest BCUT2D eigenvalue weighted by Gasteiger charge is -2.62. The largest absolute Gasteiger partial charge is 0.393 e. The van der Waals surface area contributed by atoms with Gasteiger partial charge in [-0.3, -0.25) is 4.79 Å². The van der Waals surface area contributed by atoms with Crippen molar-refractivity contribution in [2.45, 2.75) is 111 Å². The normalized spacial score (nSPS) is 49.3. The maximum Gasteiger partial charge on any atom is 0.135 e. The molecule has 0 aromatic rings. The summed E-state index contributed by atoms with van der Waals surface area (Å²) in [5, 5.41) is 21.6. The highest BCUT2D eigenvalue weighted by Gasteiger charge is 2.62. The molecule has 2 N–H and O–H groups in total. The van der Waals surface area contributed by atoms with E-state index in [2.05, 4.69) is 20.8 Å². The van der Waals surface area contributed by atoms with Crippen molar-refractivity contribution in [1.82, 2.24) is 0 Å². The highest BCUT2D eigenvalue weighted by molar-refractivity contribution is 5.80. The summed E-state index contributed by atoms with van der Waals surface area (Å²) >= 11 is 0. The Labute approximate surface area is 184 Å². The van der Waals surface area contributed by atoms with E-state index in [4.69, 9.17) is 0 Å². The van der Waals surface area contributed by atoms with Crippen molar-refractivity contribution < 1.29 is 15.0 Å². The summed E-state index contributed by atoms with van der Waals surface area (Å²) in [5.74, 6) is 4.01. The number of ketones is 1. The Hall–Kier alpha value is -0.410. The smallest absolute Gasteiger partial charge is 0.135 e. The summed E-state index contributed by atoms with van der Waals surface area (Å²) < 4.78 is 0. The number of Topliss-reactive ketones (excluding diaryl/α,β-unsaturated/α-hetero) is 1. The lowest BCUT2D eigenvalue weighted by atomic mass is 9.43. The zero-order valence-corrected chi connectivity index (χ0v) is 20.1. The van der Waals surface area contributed by atoms with Crippen molar-refractivity contribution in [2.75, 3.05) is 0 Å². The maximum atomic E-state index is 12.2. The van der Waals surface area contributed by atoms with Crippen LogP contribution in [0.5, 0.6) is 0 Å². The van der Waals surface area contributed by atoms with Gasteiger partial charge in [-0.1, -0.05) is 34.6 Å². The number of hydrogen-bond donors (Lipinski definition) is 2. The van der Waals surface area contributed by atoms with E-state index in [0.29, 0.717) is 52.1 Å². The molecule has 4 rings (SSSR count). The number of carbonyl (C=O) groups is 1. The molecular weight excluding hydrogens is 372 g/mol. The predicted molar refractivity (Wildman–Crippen MR) is 121 cm³/mol. The Balaban J connectivity index is 1.51. The second-order valence-corrected chi connectivity index (χ2v) is 12.6. The van der Waals surface area contributed by atoms with E-state index in [1.54, 1.807) is 0 Å². The molecule has 4 aliphatic carbocycles. The van der Waals surface area contributed by atoms with Gasteiger partial charge in [-0.15, -0.1) is 0 Å². The monoisotopic (exact) mass is 418 g/mol. The topological polar surface area (TPSA) is 57.5 Å². The molecule has 3 nitrogen and oxygen atoms in total. The summed E-state index contributed by atoms with van der Waals surface area (Å²) in [6.07, 6.45) is 10.3. The Bertz CT molecular complexity index is 644. The van der Waals surface area contributed by atoms with Gasteiger partial charge in [0.05, 0.1) is 12.2 Å². The molecule has 2 unspecified atom stereocenters. The van der Waals surface area contributed by atoms with Crippen molar-refractivity contribution in [3.05, 3.63) is 0 Å². The van der Waals surface area contributed by atoms with E-state index in [9.17, 15) is 15.0 Å². The number of fused-ring (bicyclic) bond motifs is 5. The molecule has 4 fully saturated rings. The van der Waals surface area contributed by atoms with Crippen LogP contribution < -0.4 is 0 Å². The third-order valence-electron chi connectivity index (χ3n) is 10.9. The van der Waals surface area contributed by atoms with Crippen LogP contribution in [0.2, 0.25) is 0 Å². The number of carbonyl (C=O) groups excluding carboxylic acids is 1. The third kappa shape index (κ3) is 3.60. The van der Waals surface area contributed by atoms with Crippen molar-refractivity contribution in [1.29, 1.82) is 0 Å². The van der Waals surface area contributed by atoms with Gasteiger partial charge in [0.15, 0.2) is 0 Å². The van der Waals surface area contributed by atoms with E-state index in [1.807, 2.05) is 13.8 Å². The Morgan fingerprint density at radius 1 is 0.933 bits per heavy atom. The Morgan fingerprint density at radius 2 is 1.60 bits per heavy atom. The molecule has 4 aliphatic rings. The standard InChI is InChI=1S/C27H46O3/c1-16(2)23(29)9-6-17(3)20-7-8-21-25-22(11-13-27(20,21)5)26(4)12-10-19(28)14-18(26)15-24(25)30/h16-22,24-25,28,30H,6-15H2,1-5H3/t17-,18+,19?,20-,21+,22+,24?,25+,26+,27-/m1/s1. The van der Waals surface area contributed by atoms with Crippen LogP contribution in [-0.2, 0) is 4.79 Å². The maximum absolute atomic E-state index is 12.2. The summed E-state index contributed by atoms with van der Waals surface area (Å²) in [4.78, 5) is 12.2. The predicted octanol–water partition coefficient (Wildman–Crippen LogP) is 5.62. The molecule has 30 heavy (non-hydrogen) atoms. The lowest BCUT2D eigenvalue weighted by molar-refractivity contribution is -0.174. The number of rotatable bonds is 5. The molecule has 0 amide bonds. The molecule has 10 atom stereocenters. The van der Waals surface area contributed by atoms with E-state index in [0.717, 1.165) is 38.5 Å². The van der Waals surface area contributed by atoms with Crippen LogP contribution >= 0.6 is 0 Å². The molecule has 0 radical (unpaired) electrons. The zero-order valence-electron chi connectivity index (χ0n) is 20.1. The molecule has 172 valence electrons. The van der Waals surface area contributed by atoms with Crippen molar-refractivity contribution >= 4 is 5.78 Å². The molecule has 0 aliphatic heterocycles. The molecule has 3 heteroatoms. The van der Waals surface area contributed by atoms with Crippen LogP contribution in [0, 0.1) is 52.3 Å². The highest BCUT2D eigenvalue weighted by Crippen LogP contribution is 2.68. The molecule has 0 spiro atoms. The summed E-state index contributed by atoms with van der Waals surface area (Å²) in [6.45, 7) is 11.4. The van der Waals surface area contributed by atoms with Crippen molar-refractivity contribution in [3.63, 3.8) is 0 Å². The number of aliphatic hydroxyl groups excluding tert-OH is 2. The fourth-order valence-corrected chi connectivity index (χ4v) is 9.04. The van der Waals surface area contributed by atoms with Crippen LogP contribution in [0.1, 0.15) is 98.8 Å². The van der Waals surface area contributed by atoms with Crippen LogP contribution in [0.3, 0.4) is 0 Å². The summed E-state index contributed by atoms with van der Waals surface area (Å²) in [7, 11) is 0. The van der Waals surface area contributed by atoms with Crippen molar-refractivity contribution in [2.24, 2.45) is 52.3 Å². The minimum atomic E-state index is -0.195. The van der Waals surface area contributed by atoms with Gasteiger partial charge in [-0.05, 0) is 104 Å². The highest BCUT2D eigenvalue weighted by atomic mass is 16.3. The second-order valence-electron chi connectivity index (χ2n) is 12.6. The minimum absolute atomic E-state index is 0.152. The third-order valence-corrected chi connectivity index (χ3v) is 10.9. The van der Waals surface area contributed by atoms with Crippen LogP contribution in [0.25, 0.3) is 0 Å². The fraction of sp³-hybridized carbons (Fsp3) is 0.963. The molecule has 0 bridgehead atoms. The molecule has 0 saturated heterocycles. The van der Waals surface area contributed by atoms with Gasteiger partial charge in [0.2, 0.25) is 0 Å². The van der Waals surface area contributed by atoms with Gasteiger partial charge in [0, 0.05) is 12.3 Å². The first-order valence-electron chi connectivity index (χ1n) is 13.0. The minimum Gasteiger partial charge on any atom is -0.393 e. The average Bonchev–Trinajstić information content (AvgIpc) is 3.04. The van der Waals surface area contributed by atoms with Gasteiger partial charge in [0.1, 0.15) is 5.78 Å². The molecule has 0 heterocycles. The molecular formula is C27H46O3. The SMILES string of the molecule is CC(C)C(=O)CC[C@@H](C)[C@H]1CC[C@H]2[C@@H]3C(O)C[C@@H]4CC(O)CC[C@]4(C)[C@H]3CC[C@]12C. The number of hydrogen-bond acceptors (Lipinski definition) is 3. The summed E-state index contributed by atoms with van der Waals surface area (Å²) in [6, 6.07) is 0. The molecule has 0 aromatic carbocycles. The first-order valence-corrected chi connectivity index (χ1v) is 13.0. The van der Waals surface area contributed by atoms with Crippen LogP contribution in [0.4, 0.5) is 0 Å². The van der Waals surface area contributed by atoms with Gasteiger partial charge >= 0.3 is 0 Å². The first kappa shape index (κ1) is 22.8. The fourth-order valence-electron chi connectivity index (χ4n) is 9.04. The Morgan fingerprint density at radius 3 is 2.30 bits per heavy atom. The van der Waals surface area contributed by atoms with E-state index >= 15 is 0 Å². The van der Waals surface area contributed by atoms with Gasteiger partial charge in [-0.2, -0.15) is 0 Å². The average molecular weight is 419 g/mol. The van der Waals surface area contributed by atoms with E-state index < -0.39 is 0 Å². The van der Waals surface area contributed by atoms with Crippen molar-refractivity contribution in [3.8, 4) is 0 Å². The van der Waals surface area contributed by atoms with Gasteiger partial charge in [-0.25, -0.2) is 0 Å².